The molecule has 0 saturated heterocycles. The zero-order valence-corrected chi connectivity index (χ0v) is 16.8. The molecule has 0 spiro atoms. The van der Waals surface area contributed by atoms with E-state index in [-0.39, 0.29) is 27.8 Å². The number of hydrogen-bond acceptors (Lipinski definition) is 6. The van der Waals surface area contributed by atoms with Crippen LogP contribution in [0.3, 0.4) is 0 Å². The minimum Gasteiger partial charge on any atom is -0.443 e. The molecule has 0 saturated carbocycles. The van der Waals surface area contributed by atoms with E-state index in [4.69, 9.17) is 17.3 Å². The largest absolute Gasteiger partial charge is 0.490 e. The maximum absolute atomic E-state index is 14.3. The Kier molecular flexibility index (Phi) is 5.66. The molecule has 2 unspecified atom stereocenters. The summed E-state index contributed by atoms with van der Waals surface area (Å²) in [5, 5.41) is 0.0155. The number of guanidine groups is 1. The van der Waals surface area contributed by atoms with Gasteiger partial charge in [0, 0.05) is 12.6 Å². The minimum atomic E-state index is -5.33. The van der Waals surface area contributed by atoms with Gasteiger partial charge in [-0.3, -0.25) is 9.69 Å². The molecule has 164 valence electrons. The fourth-order valence-electron chi connectivity index (χ4n) is 3.09. The van der Waals surface area contributed by atoms with Crippen molar-refractivity contribution >= 4 is 29.4 Å². The summed E-state index contributed by atoms with van der Waals surface area (Å²) in [5.74, 6) is -4.55. The van der Waals surface area contributed by atoms with Crippen LogP contribution in [0.1, 0.15) is 12.5 Å². The Morgan fingerprint density at radius 1 is 1.32 bits per heavy atom. The van der Waals surface area contributed by atoms with Gasteiger partial charge in [0.2, 0.25) is 6.10 Å². The summed E-state index contributed by atoms with van der Waals surface area (Å²) in [6.07, 6.45) is -6.39. The summed E-state index contributed by atoms with van der Waals surface area (Å²) in [6.45, 7) is 1.29. The molecular formula is C19H15ClF4N4O3. The Morgan fingerprint density at radius 3 is 2.65 bits per heavy atom. The van der Waals surface area contributed by atoms with Crippen molar-refractivity contribution < 1.29 is 31.9 Å². The van der Waals surface area contributed by atoms with Gasteiger partial charge in [-0.2, -0.15) is 13.2 Å². The van der Waals surface area contributed by atoms with Crippen molar-refractivity contribution in [3.8, 4) is 11.1 Å². The Morgan fingerprint density at radius 2 is 2.00 bits per heavy atom. The predicted molar refractivity (Wildman–Crippen MR) is 102 cm³/mol. The van der Waals surface area contributed by atoms with Crippen LogP contribution in [0.5, 0.6) is 0 Å². The minimum absolute atomic E-state index is 0.0155. The van der Waals surface area contributed by atoms with Gasteiger partial charge in [0.25, 0.3) is 5.91 Å². The van der Waals surface area contributed by atoms with Crippen LogP contribution in [0.4, 0.5) is 17.6 Å². The van der Waals surface area contributed by atoms with Gasteiger partial charge in [-0.05, 0) is 30.2 Å². The molecule has 3 rings (SSSR count). The molecule has 2 atom stereocenters. The van der Waals surface area contributed by atoms with Gasteiger partial charge in [-0.1, -0.05) is 29.8 Å². The standard InChI is InChI=1S/C19H15ClF4N4O3/c1-18(10-5-3-4-9(6-10)11-7-13(20)26-8-12(11)21)14(31-16(30)19(22,23)24)15(29)28(2)17(25)27-18/h3-8,14H,1-2H3,(H2,25,27). The van der Waals surface area contributed by atoms with Gasteiger partial charge in [-0.15, -0.1) is 0 Å². The third-order valence-electron chi connectivity index (χ3n) is 4.79. The van der Waals surface area contributed by atoms with Crippen LogP contribution in [-0.2, 0) is 19.9 Å². The van der Waals surface area contributed by atoms with Crippen LogP contribution in [0.2, 0.25) is 5.15 Å². The van der Waals surface area contributed by atoms with Crippen LogP contribution in [-0.4, -0.2) is 47.0 Å². The van der Waals surface area contributed by atoms with Gasteiger partial charge < -0.3 is 10.5 Å². The number of likely N-dealkylation sites (N-methyl/N-ethyl adjacent to an activating group) is 1. The summed E-state index contributed by atoms with van der Waals surface area (Å²) in [5.41, 5.74) is 4.43. The lowest BCUT2D eigenvalue weighted by Gasteiger charge is -2.39. The number of nitrogens with two attached hydrogens (primary N) is 1. The van der Waals surface area contributed by atoms with E-state index in [1.807, 2.05) is 0 Å². The topological polar surface area (TPSA) is 97.9 Å². The fourth-order valence-corrected chi connectivity index (χ4v) is 3.25. The highest BCUT2D eigenvalue weighted by molar-refractivity contribution is 6.29. The number of benzene rings is 1. The van der Waals surface area contributed by atoms with Crippen LogP contribution < -0.4 is 5.73 Å². The molecule has 7 nitrogen and oxygen atoms in total. The molecule has 1 aromatic heterocycles. The number of aliphatic imine (C=N–C) groups is 1. The number of alkyl halides is 3. The van der Waals surface area contributed by atoms with Gasteiger partial charge in [0.15, 0.2) is 5.96 Å². The number of aromatic nitrogens is 1. The molecule has 0 bridgehead atoms. The van der Waals surface area contributed by atoms with Gasteiger partial charge >= 0.3 is 12.1 Å². The predicted octanol–water partition coefficient (Wildman–Crippen LogP) is 3.02. The number of ether oxygens (including phenoxy) is 1. The second kappa shape index (κ2) is 7.80. The van der Waals surface area contributed by atoms with Gasteiger partial charge in [0.05, 0.1) is 6.20 Å². The Hall–Kier alpha value is -3.21. The molecule has 0 aliphatic carbocycles. The van der Waals surface area contributed by atoms with Gasteiger partial charge in [0.1, 0.15) is 16.5 Å². The van der Waals surface area contributed by atoms with Crippen molar-refractivity contribution in [2.75, 3.05) is 7.05 Å². The molecule has 1 aliphatic heterocycles. The normalized spacial score (nSPS) is 21.6. The first kappa shape index (κ1) is 22.5. The molecule has 1 amide bonds. The molecule has 1 aromatic carbocycles. The van der Waals surface area contributed by atoms with Crippen molar-refractivity contribution in [2.45, 2.75) is 24.7 Å². The van der Waals surface area contributed by atoms with E-state index >= 15 is 0 Å². The molecule has 12 heteroatoms. The van der Waals surface area contributed by atoms with Gasteiger partial charge in [-0.25, -0.2) is 19.2 Å². The summed E-state index contributed by atoms with van der Waals surface area (Å²) >= 11 is 5.83. The highest BCUT2D eigenvalue weighted by Gasteiger charge is 2.52. The number of halogens is 5. The summed E-state index contributed by atoms with van der Waals surface area (Å²) in [6, 6.07) is 7.08. The number of hydrogen-bond donors (Lipinski definition) is 1. The first-order valence-corrected chi connectivity index (χ1v) is 9.05. The third kappa shape index (κ3) is 4.18. The van der Waals surface area contributed by atoms with Crippen LogP contribution in [0.25, 0.3) is 11.1 Å². The van der Waals surface area contributed by atoms with E-state index < -0.39 is 35.5 Å². The lowest BCUT2D eigenvalue weighted by atomic mass is 9.83. The number of amides is 1. The lowest BCUT2D eigenvalue weighted by molar-refractivity contribution is -0.209. The quantitative estimate of drug-likeness (QED) is 0.433. The number of nitrogens with zero attached hydrogens (tertiary/aromatic N) is 3. The number of pyridine rings is 1. The molecule has 31 heavy (non-hydrogen) atoms. The second-order valence-electron chi connectivity index (χ2n) is 6.87. The van der Waals surface area contributed by atoms with Crippen molar-refractivity contribution in [3.05, 3.63) is 53.1 Å². The zero-order chi connectivity index (χ0) is 23.1. The monoisotopic (exact) mass is 458 g/mol. The van der Waals surface area contributed by atoms with Crippen LogP contribution in [0.15, 0.2) is 41.5 Å². The van der Waals surface area contributed by atoms with Crippen molar-refractivity contribution in [2.24, 2.45) is 10.7 Å². The molecule has 0 fully saturated rings. The van der Waals surface area contributed by atoms with Crippen molar-refractivity contribution in [1.29, 1.82) is 0 Å². The Labute approximate surface area is 178 Å². The van der Waals surface area contributed by atoms with E-state index in [2.05, 4.69) is 14.7 Å². The summed E-state index contributed by atoms with van der Waals surface area (Å²) in [7, 11) is 1.18. The van der Waals surface area contributed by atoms with E-state index in [1.54, 1.807) is 0 Å². The van der Waals surface area contributed by atoms with Crippen LogP contribution >= 0.6 is 11.6 Å². The van der Waals surface area contributed by atoms with E-state index in [0.29, 0.717) is 0 Å². The molecule has 1 aliphatic rings. The highest BCUT2D eigenvalue weighted by atomic mass is 35.5. The van der Waals surface area contributed by atoms with E-state index in [9.17, 15) is 27.2 Å². The third-order valence-corrected chi connectivity index (χ3v) is 5.00. The molecule has 2 aromatic rings. The zero-order valence-electron chi connectivity index (χ0n) is 16.1. The summed E-state index contributed by atoms with van der Waals surface area (Å²) < 4.78 is 57.2. The van der Waals surface area contributed by atoms with E-state index in [0.717, 1.165) is 11.1 Å². The SMILES string of the molecule is CN1C(=O)C(OC(=O)C(F)(F)F)C(C)(c2cccc(-c3cc(Cl)ncc3F)c2)N=C1N. The highest BCUT2D eigenvalue weighted by Crippen LogP contribution is 2.38. The number of carbonyl (C=O) groups is 2. The number of esters is 1. The molecule has 0 radical (unpaired) electrons. The first-order chi connectivity index (χ1) is 14.3. The van der Waals surface area contributed by atoms with Crippen LogP contribution in [0, 0.1) is 5.82 Å². The fraction of sp³-hybridized carbons (Fsp3) is 0.263. The number of carbonyl (C=O) groups excluding carboxylic acids is 2. The lowest BCUT2D eigenvalue weighted by Crippen LogP contribution is -2.58. The molecule has 2 heterocycles. The molecular weight excluding hydrogens is 444 g/mol. The average molecular weight is 459 g/mol. The van der Waals surface area contributed by atoms with Crippen molar-refractivity contribution in [1.82, 2.24) is 9.88 Å². The average Bonchev–Trinajstić information content (AvgIpc) is 2.70. The number of rotatable bonds is 3. The van der Waals surface area contributed by atoms with Crippen molar-refractivity contribution in [3.63, 3.8) is 0 Å². The maximum Gasteiger partial charge on any atom is 0.490 e. The Bertz CT molecular complexity index is 1090. The smallest absolute Gasteiger partial charge is 0.443 e. The Balaban J connectivity index is 2.14. The molecule has 2 N–H and O–H groups in total. The first-order valence-electron chi connectivity index (χ1n) is 8.67. The summed E-state index contributed by atoms with van der Waals surface area (Å²) in [4.78, 5) is 32.7. The second-order valence-corrected chi connectivity index (χ2v) is 7.25. The van der Waals surface area contributed by atoms with E-state index in [1.165, 1.54) is 44.3 Å². The maximum atomic E-state index is 14.3.